The maximum atomic E-state index is 4.62. The molecular formula is C16H17N3. The van der Waals surface area contributed by atoms with Crippen molar-refractivity contribution in [2.75, 3.05) is 5.01 Å². The monoisotopic (exact) mass is 251 g/mol. The second-order valence-electron chi connectivity index (χ2n) is 6.33. The molecule has 6 atom stereocenters. The van der Waals surface area contributed by atoms with E-state index in [1.165, 1.54) is 18.5 Å². The number of hydrogen-bond donors (Lipinski definition) is 0. The molecule has 1 aromatic carbocycles. The van der Waals surface area contributed by atoms with Gasteiger partial charge >= 0.3 is 0 Å². The summed E-state index contributed by atoms with van der Waals surface area (Å²) in [6.45, 7) is 0. The molecule has 96 valence electrons. The summed E-state index contributed by atoms with van der Waals surface area (Å²) >= 11 is 0. The maximum absolute atomic E-state index is 4.62. The van der Waals surface area contributed by atoms with Crippen LogP contribution in [-0.2, 0) is 0 Å². The molecule has 0 N–H and O–H groups in total. The molecular weight excluding hydrogens is 234 g/mol. The molecule has 1 aliphatic heterocycles. The third-order valence-electron chi connectivity index (χ3n) is 5.66. The van der Waals surface area contributed by atoms with E-state index in [9.17, 15) is 0 Å². The van der Waals surface area contributed by atoms with Gasteiger partial charge in [-0.15, -0.1) is 0 Å². The average Bonchev–Trinajstić information content (AvgIpc) is 3.17. The van der Waals surface area contributed by atoms with Crippen LogP contribution in [0.5, 0.6) is 0 Å². The Hall–Kier alpha value is -1.64. The van der Waals surface area contributed by atoms with E-state index in [-0.39, 0.29) is 0 Å². The van der Waals surface area contributed by atoms with E-state index in [0.717, 1.165) is 23.7 Å². The molecule has 0 unspecified atom stereocenters. The summed E-state index contributed by atoms with van der Waals surface area (Å²) in [7, 11) is 0. The van der Waals surface area contributed by atoms with Gasteiger partial charge in [-0.25, -0.2) is 5.01 Å². The third kappa shape index (κ3) is 1.18. The zero-order valence-electron chi connectivity index (χ0n) is 10.8. The van der Waals surface area contributed by atoms with Gasteiger partial charge in [-0.1, -0.05) is 35.6 Å². The molecule has 0 saturated heterocycles. The van der Waals surface area contributed by atoms with Crippen LogP contribution in [0.3, 0.4) is 0 Å². The van der Waals surface area contributed by atoms with Crippen LogP contribution in [0.4, 0.5) is 5.69 Å². The summed E-state index contributed by atoms with van der Waals surface area (Å²) in [6.07, 6.45) is 7.49. The van der Waals surface area contributed by atoms with Gasteiger partial charge < -0.3 is 0 Å². The highest BCUT2D eigenvalue weighted by molar-refractivity contribution is 5.48. The first kappa shape index (κ1) is 10.2. The molecule has 3 aliphatic carbocycles. The lowest BCUT2D eigenvalue weighted by Gasteiger charge is -2.35. The molecule has 0 radical (unpaired) electrons. The molecule has 2 saturated carbocycles. The first-order valence-corrected chi connectivity index (χ1v) is 7.35. The van der Waals surface area contributed by atoms with Gasteiger partial charge in [-0.05, 0) is 48.6 Å². The molecule has 0 spiro atoms. The van der Waals surface area contributed by atoms with E-state index >= 15 is 0 Å². The molecule has 3 nitrogen and oxygen atoms in total. The van der Waals surface area contributed by atoms with E-state index in [0.29, 0.717) is 12.1 Å². The lowest BCUT2D eigenvalue weighted by atomic mass is 9.76. The number of anilines is 1. The number of fused-ring (bicyclic) bond motifs is 8. The van der Waals surface area contributed by atoms with Crippen LogP contribution in [0.2, 0.25) is 0 Å². The summed E-state index contributed by atoms with van der Waals surface area (Å²) in [5.41, 5.74) is 1.20. The summed E-state index contributed by atoms with van der Waals surface area (Å²) in [4.78, 5) is 0. The number of allylic oxidation sites excluding steroid dienone is 2. The molecule has 0 amide bonds. The van der Waals surface area contributed by atoms with Crippen LogP contribution >= 0.6 is 0 Å². The highest BCUT2D eigenvalue weighted by Crippen LogP contribution is 2.60. The molecule has 3 heteroatoms. The molecule has 2 fully saturated rings. The topological polar surface area (TPSA) is 28.0 Å². The number of nitrogens with zero attached hydrogens (tertiary/aromatic N) is 3. The third-order valence-corrected chi connectivity index (χ3v) is 5.66. The van der Waals surface area contributed by atoms with Crippen LogP contribution in [0, 0.1) is 23.7 Å². The highest BCUT2D eigenvalue weighted by Gasteiger charge is 2.61. The summed E-state index contributed by atoms with van der Waals surface area (Å²) in [5, 5.41) is 11.3. The van der Waals surface area contributed by atoms with Gasteiger partial charge in [0.25, 0.3) is 0 Å². The second-order valence-corrected chi connectivity index (χ2v) is 6.33. The Kier molecular flexibility index (Phi) is 1.86. The molecule has 19 heavy (non-hydrogen) atoms. The Morgan fingerprint density at radius 3 is 2.84 bits per heavy atom. The average molecular weight is 251 g/mol. The van der Waals surface area contributed by atoms with Gasteiger partial charge in [-0.2, -0.15) is 5.11 Å². The Labute approximate surface area is 113 Å². The van der Waals surface area contributed by atoms with Crippen molar-refractivity contribution in [3.8, 4) is 0 Å². The number of benzene rings is 1. The minimum atomic E-state index is 0.450. The van der Waals surface area contributed by atoms with Crippen molar-refractivity contribution in [1.29, 1.82) is 0 Å². The minimum Gasteiger partial charge on any atom is -0.242 e. The van der Waals surface area contributed by atoms with E-state index < -0.39 is 0 Å². The van der Waals surface area contributed by atoms with Crippen LogP contribution in [0.25, 0.3) is 0 Å². The molecule has 1 aromatic rings. The minimum absolute atomic E-state index is 0.450. The Balaban J connectivity index is 1.53. The first-order chi connectivity index (χ1) is 9.43. The fourth-order valence-corrected chi connectivity index (χ4v) is 4.99. The fraction of sp³-hybridized carbons (Fsp3) is 0.500. The van der Waals surface area contributed by atoms with E-state index in [4.69, 9.17) is 0 Å². The number of para-hydroxylation sites is 1. The van der Waals surface area contributed by atoms with Crippen LogP contribution < -0.4 is 5.01 Å². The summed E-state index contributed by atoms with van der Waals surface area (Å²) in [5.74, 6) is 3.18. The highest BCUT2D eigenvalue weighted by atomic mass is 15.6. The molecule has 0 aromatic heterocycles. The van der Waals surface area contributed by atoms with E-state index in [1.54, 1.807) is 0 Å². The Morgan fingerprint density at radius 1 is 1.05 bits per heavy atom. The molecule has 2 bridgehead atoms. The van der Waals surface area contributed by atoms with Crippen molar-refractivity contribution in [2.24, 2.45) is 34.0 Å². The van der Waals surface area contributed by atoms with E-state index in [2.05, 4.69) is 57.8 Å². The van der Waals surface area contributed by atoms with Gasteiger partial charge in [0.2, 0.25) is 0 Å². The zero-order chi connectivity index (χ0) is 12.4. The Morgan fingerprint density at radius 2 is 1.95 bits per heavy atom. The molecule has 5 rings (SSSR count). The van der Waals surface area contributed by atoms with Crippen molar-refractivity contribution < 1.29 is 0 Å². The van der Waals surface area contributed by atoms with Crippen molar-refractivity contribution in [3.05, 3.63) is 42.5 Å². The fourth-order valence-electron chi connectivity index (χ4n) is 4.99. The number of rotatable bonds is 1. The predicted octanol–water partition coefficient (Wildman–Crippen LogP) is 3.45. The quantitative estimate of drug-likeness (QED) is 0.702. The van der Waals surface area contributed by atoms with Crippen LogP contribution in [0.1, 0.15) is 12.8 Å². The van der Waals surface area contributed by atoms with E-state index in [1.807, 2.05) is 0 Å². The van der Waals surface area contributed by atoms with Gasteiger partial charge in [0.1, 0.15) is 0 Å². The van der Waals surface area contributed by atoms with Gasteiger partial charge in [-0.3, -0.25) is 0 Å². The summed E-state index contributed by atoms with van der Waals surface area (Å²) < 4.78 is 0. The van der Waals surface area contributed by atoms with Crippen molar-refractivity contribution in [3.63, 3.8) is 0 Å². The summed E-state index contributed by atoms with van der Waals surface area (Å²) in [6, 6.07) is 11.5. The zero-order valence-corrected chi connectivity index (χ0v) is 10.8. The van der Waals surface area contributed by atoms with Crippen molar-refractivity contribution in [1.82, 2.24) is 0 Å². The normalized spacial score (nSPS) is 44.9. The van der Waals surface area contributed by atoms with Crippen LogP contribution in [0.15, 0.2) is 52.8 Å². The molecule has 4 aliphatic rings. The second kappa shape index (κ2) is 3.47. The number of hydrogen-bond acceptors (Lipinski definition) is 3. The van der Waals surface area contributed by atoms with Gasteiger partial charge in [0, 0.05) is 0 Å². The lowest BCUT2D eigenvalue weighted by Crippen LogP contribution is -2.44. The van der Waals surface area contributed by atoms with Gasteiger partial charge in [0.15, 0.2) is 0 Å². The first-order valence-electron chi connectivity index (χ1n) is 7.35. The van der Waals surface area contributed by atoms with Crippen LogP contribution in [-0.4, -0.2) is 12.1 Å². The standard InChI is InChI=1S/C16H17N3/c1-2-5-10(6-3-1)19-16-14-9-13(15(16)17-18-19)11-7-4-8-12(11)14/h1-6,8,11-16H,7,9H2/t11-,12+,13+,14+,15+,16+/m0/s1. The Bertz CT molecular complexity index is 565. The van der Waals surface area contributed by atoms with Crippen molar-refractivity contribution in [2.45, 2.75) is 24.9 Å². The maximum Gasteiger partial charge on any atom is 0.0988 e. The SMILES string of the molecule is C1=C[C@H]2[C@H]3C[C@H]([C@H]2C1)[C@H]1N=NN(c2ccccc2)[C@H]31. The lowest BCUT2D eigenvalue weighted by molar-refractivity contribution is 0.238. The van der Waals surface area contributed by atoms with Crippen molar-refractivity contribution >= 4 is 5.69 Å². The van der Waals surface area contributed by atoms with Gasteiger partial charge in [0.05, 0.1) is 17.8 Å². The predicted molar refractivity (Wildman–Crippen MR) is 73.7 cm³/mol. The smallest absolute Gasteiger partial charge is 0.0988 e. The largest absolute Gasteiger partial charge is 0.242 e. The molecule has 1 heterocycles.